The second-order valence-electron chi connectivity index (χ2n) is 7.20. The summed E-state index contributed by atoms with van der Waals surface area (Å²) in [6.07, 6.45) is 0. The van der Waals surface area contributed by atoms with Gasteiger partial charge in [-0.1, -0.05) is 18.2 Å². The highest BCUT2D eigenvalue weighted by molar-refractivity contribution is 6.36. The molecule has 1 heterocycles. The number of hydrogen-bond acceptors (Lipinski definition) is 4. The minimum atomic E-state index is -0.484. The van der Waals surface area contributed by atoms with Gasteiger partial charge in [-0.2, -0.15) is 0 Å². The maximum Gasteiger partial charge on any atom is 0.268 e. The summed E-state index contributed by atoms with van der Waals surface area (Å²) in [5.41, 5.74) is 3.44. The third-order valence-electron chi connectivity index (χ3n) is 5.02. The number of ether oxygens (including phenoxy) is 1. The number of benzene rings is 3. The van der Waals surface area contributed by atoms with E-state index in [4.69, 9.17) is 4.74 Å². The van der Waals surface area contributed by atoms with E-state index in [-0.39, 0.29) is 17.0 Å². The molecule has 3 amide bonds. The van der Waals surface area contributed by atoms with Crippen LogP contribution in [-0.2, 0) is 4.79 Å². The Morgan fingerprint density at radius 3 is 2.33 bits per heavy atom. The van der Waals surface area contributed by atoms with Gasteiger partial charge in [-0.3, -0.25) is 14.4 Å². The molecule has 0 bridgehead atoms. The van der Waals surface area contributed by atoms with Crippen molar-refractivity contribution in [1.29, 1.82) is 0 Å². The fraction of sp³-hybridized carbons (Fsp3) is 0.125. The topological polar surface area (TPSA) is 75.7 Å². The Morgan fingerprint density at radius 1 is 0.867 bits per heavy atom. The molecule has 3 aromatic rings. The molecular weight excluding hydrogens is 380 g/mol. The van der Waals surface area contributed by atoms with Crippen molar-refractivity contribution < 1.29 is 19.1 Å². The van der Waals surface area contributed by atoms with Crippen molar-refractivity contribution in [2.24, 2.45) is 0 Å². The zero-order chi connectivity index (χ0) is 21.4. The normalized spacial score (nSPS) is 12.7. The molecule has 6 nitrogen and oxygen atoms in total. The molecule has 1 aliphatic rings. The van der Waals surface area contributed by atoms with E-state index in [0.29, 0.717) is 22.9 Å². The molecule has 0 atom stereocenters. The second-order valence-corrected chi connectivity index (χ2v) is 7.20. The van der Waals surface area contributed by atoms with Crippen LogP contribution in [0.25, 0.3) is 0 Å². The second kappa shape index (κ2) is 7.48. The summed E-state index contributed by atoms with van der Waals surface area (Å²) in [6, 6.07) is 17.4. The molecule has 0 saturated carbocycles. The van der Waals surface area contributed by atoms with Gasteiger partial charge in [0.15, 0.2) is 0 Å². The summed E-state index contributed by atoms with van der Waals surface area (Å²) in [6.45, 7) is 5.38. The van der Waals surface area contributed by atoms with Crippen LogP contribution in [0.2, 0.25) is 0 Å². The van der Waals surface area contributed by atoms with Gasteiger partial charge >= 0.3 is 0 Å². The molecule has 4 rings (SSSR count). The number of fused-ring (bicyclic) bond motifs is 1. The number of aryl methyl sites for hydroxylation is 2. The zero-order valence-corrected chi connectivity index (χ0v) is 16.9. The van der Waals surface area contributed by atoms with Gasteiger partial charge in [-0.25, -0.2) is 4.90 Å². The number of carbonyl (C=O) groups excluding carboxylic acids is 3. The van der Waals surface area contributed by atoms with E-state index >= 15 is 0 Å². The molecule has 0 aliphatic carbocycles. The summed E-state index contributed by atoms with van der Waals surface area (Å²) in [7, 11) is 0. The van der Waals surface area contributed by atoms with Crippen molar-refractivity contribution >= 4 is 29.1 Å². The lowest BCUT2D eigenvalue weighted by Crippen LogP contribution is -2.29. The molecule has 1 N–H and O–H groups in total. The summed E-state index contributed by atoms with van der Waals surface area (Å²) in [5, 5.41) is 2.62. The molecule has 30 heavy (non-hydrogen) atoms. The van der Waals surface area contributed by atoms with Crippen molar-refractivity contribution in [2.45, 2.75) is 20.8 Å². The Hall–Kier alpha value is -3.93. The predicted octanol–water partition coefficient (Wildman–Crippen LogP) is 4.85. The van der Waals surface area contributed by atoms with Crippen LogP contribution in [0.3, 0.4) is 0 Å². The van der Waals surface area contributed by atoms with E-state index in [1.807, 2.05) is 32.0 Å². The lowest BCUT2D eigenvalue weighted by atomic mass is 10.1. The van der Waals surface area contributed by atoms with Gasteiger partial charge in [0.25, 0.3) is 11.8 Å². The first-order chi connectivity index (χ1) is 14.3. The third kappa shape index (κ3) is 3.43. The van der Waals surface area contributed by atoms with Crippen LogP contribution in [0.1, 0.15) is 38.8 Å². The molecule has 0 spiro atoms. The summed E-state index contributed by atoms with van der Waals surface area (Å²) < 4.78 is 5.93. The van der Waals surface area contributed by atoms with Crippen LogP contribution in [0.15, 0.2) is 60.7 Å². The standard InChI is InChI=1S/C24H20N2O4/c1-14-10-11-19(12-15(14)2)30-18-7-4-6-17(13-18)26-23(28)20-8-5-9-21(25-16(3)27)22(20)24(26)29/h4-13H,1-3H3,(H,25,27). The van der Waals surface area contributed by atoms with Crippen molar-refractivity contribution in [3.63, 3.8) is 0 Å². The first kappa shape index (κ1) is 19.4. The van der Waals surface area contributed by atoms with Crippen LogP contribution in [-0.4, -0.2) is 17.7 Å². The largest absolute Gasteiger partial charge is 0.457 e. The molecule has 0 radical (unpaired) electrons. The van der Waals surface area contributed by atoms with E-state index in [1.54, 1.807) is 42.5 Å². The minimum absolute atomic E-state index is 0.193. The Balaban J connectivity index is 1.67. The van der Waals surface area contributed by atoms with Crippen LogP contribution in [0, 0.1) is 13.8 Å². The van der Waals surface area contributed by atoms with Crippen molar-refractivity contribution in [3.8, 4) is 11.5 Å². The fourth-order valence-electron chi connectivity index (χ4n) is 3.41. The third-order valence-corrected chi connectivity index (χ3v) is 5.02. The number of amides is 3. The van der Waals surface area contributed by atoms with E-state index in [9.17, 15) is 14.4 Å². The number of anilines is 2. The number of hydrogen-bond donors (Lipinski definition) is 1. The predicted molar refractivity (Wildman–Crippen MR) is 114 cm³/mol. The first-order valence-corrected chi connectivity index (χ1v) is 9.49. The summed E-state index contributed by atoms with van der Waals surface area (Å²) >= 11 is 0. The van der Waals surface area contributed by atoms with E-state index in [1.165, 1.54) is 6.92 Å². The SMILES string of the molecule is CC(=O)Nc1cccc2c1C(=O)N(c1cccc(Oc3ccc(C)c(C)c3)c1)C2=O. The quantitative estimate of drug-likeness (QED) is 0.635. The molecule has 150 valence electrons. The number of imide groups is 1. The van der Waals surface area contributed by atoms with Gasteiger partial charge < -0.3 is 10.1 Å². The molecule has 0 unspecified atom stereocenters. The monoisotopic (exact) mass is 400 g/mol. The lowest BCUT2D eigenvalue weighted by Gasteiger charge is -2.16. The van der Waals surface area contributed by atoms with Gasteiger partial charge in [0.1, 0.15) is 11.5 Å². The van der Waals surface area contributed by atoms with Crippen LogP contribution in [0.5, 0.6) is 11.5 Å². The van der Waals surface area contributed by atoms with Crippen LogP contribution in [0.4, 0.5) is 11.4 Å². The van der Waals surface area contributed by atoms with Crippen LogP contribution < -0.4 is 15.0 Å². The number of rotatable bonds is 4. The smallest absolute Gasteiger partial charge is 0.268 e. The molecule has 1 aliphatic heterocycles. The summed E-state index contributed by atoms with van der Waals surface area (Å²) in [5.74, 6) is -0.0564. The molecule has 3 aromatic carbocycles. The molecule has 6 heteroatoms. The van der Waals surface area contributed by atoms with Crippen LogP contribution >= 0.6 is 0 Å². The first-order valence-electron chi connectivity index (χ1n) is 9.49. The maximum atomic E-state index is 13.1. The van der Waals surface area contributed by atoms with E-state index in [0.717, 1.165) is 16.0 Å². The van der Waals surface area contributed by atoms with E-state index < -0.39 is 11.8 Å². The van der Waals surface area contributed by atoms with Gasteiger partial charge in [-0.15, -0.1) is 0 Å². The Labute approximate surface area is 174 Å². The van der Waals surface area contributed by atoms with Crippen molar-refractivity contribution in [2.75, 3.05) is 10.2 Å². The van der Waals surface area contributed by atoms with Gasteiger partial charge in [0, 0.05) is 13.0 Å². The average molecular weight is 400 g/mol. The molecule has 0 saturated heterocycles. The highest BCUT2D eigenvalue weighted by Crippen LogP contribution is 2.35. The molecule has 0 aromatic heterocycles. The molecular formula is C24H20N2O4. The lowest BCUT2D eigenvalue weighted by molar-refractivity contribution is -0.114. The van der Waals surface area contributed by atoms with Gasteiger partial charge in [0.2, 0.25) is 5.91 Å². The highest BCUT2D eigenvalue weighted by atomic mass is 16.5. The minimum Gasteiger partial charge on any atom is -0.457 e. The van der Waals surface area contributed by atoms with Gasteiger partial charge in [0.05, 0.1) is 22.5 Å². The average Bonchev–Trinajstić information content (AvgIpc) is 2.96. The van der Waals surface area contributed by atoms with E-state index in [2.05, 4.69) is 5.32 Å². The van der Waals surface area contributed by atoms with Gasteiger partial charge in [-0.05, 0) is 61.4 Å². The highest BCUT2D eigenvalue weighted by Gasteiger charge is 2.38. The van der Waals surface area contributed by atoms with Crippen molar-refractivity contribution in [1.82, 2.24) is 0 Å². The zero-order valence-electron chi connectivity index (χ0n) is 16.9. The number of carbonyl (C=O) groups is 3. The Bertz CT molecular complexity index is 1200. The summed E-state index contributed by atoms with van der Waals surface area (Å²) in [4.78, 5) is 38.6. The van der Waals surface area contributed by atoms with Crippen molar-refractivity contribution in [3.05, 3.63) is 82.9 Å². The fourth-order valence-corrected chi connectivity index (χ4v) is 3.41. The maximum absolute atomic E-state index is 13.1. The number of nitrogens with zero attached hydrogens (tertiary/aromatic N) is 1. The Kier molecular flexibility index (Phi) is 4.83. The molecule has 0 fully saturated rings. The number of nitrogens with one attached hydrogen (secondary N) is 1. The Morgan fingerprint density at radius 2 is 1.60 bits per heavy atom.